The van der Waals surface area contributed by atoms with Crippen LogP contribution in [0.15, 0.2) is 0 Å². The monoisotopic (exact) mass is 463 g/mol. The third kappa shape index (κ3) is 24.5. The van der Waals surface area contributed by atoms with E-state index in [1.165, 1.54) is 140 Å². The topological polar surface area (TPSA) is 64.4 Å². The van der Waals surface area contributed by atoms with E-state index in [0.29, 0.717) is 0 Å². The summed E-state index contributed by atoms with van der Waals surface area (Å²) in [5.74, 6) is 0. The number of rotatable bonds is 21. The summed E-state index contributed by atoms with van der Waals surface area (Å²) in [6.07, 6.45) is 19.3. The fraction of sp³-hybridized carbons (Fsp3) is 1.00. The Morgan fingerprint density at radius 2 is 0.594 bits per heavy atom. The Balaban J connectivity index is -0.000000238. The van der Waals surface area contributed by atoms with Crippen molar-refractivity contribution in [2.24, 2.45) is 0 Å². The third-order valence-electron chi connectivity index (χ3n) is 6.60. The summed E-state index contributed by atoms with van der Waals surface area (Å²) < 4.78 is 1.42. The van der Waals surface area contributed by atoms with E-state index in [1.54, 1.807) is 0 Å². The predicted molar refractivity (Wildman–Crippen MR) is 144 cm³/mol. The second-order valence-corrected chi connectivity index (χ2v) is 9.71. The minimum absolute atomic E-state index is 0. The molecule has 0 aliphatic heterocycles. The van der Waals surface area contributed by atoms with Gasteiger partial charge in [-0.3, -0.25) is 0 Å². The van der Waals surface area contributed by atoms with Gasteiger partial charge in [0.05, 0.1) is 45.8 Å². The zero-order valence-electron chi connectivity index (χ0n) is 23.7. The van der Waals surface area contributed by atoms with Gasteiger partial charge in [0, 0.05) is 0 Å². The molecule has 0 aromatic heterocycles. The Hall–Kier alpha value is -0.160. The van der Waals surface area contributed by atoms with Crippen molar-refractivity contribution in [3.8, 4) is 0 Å². The normalized spacial score (nSPS) is 10.9. The van der Waals surface area contributed by atoms with Gasteiger partial charge in [0.15, 0.2) is 0 Å². The highest BCUT2D eigenvalue weighted by molar-refractivity contribution is 4.49. The van der Waals surface area contributed by atoms with E-state index < -0.39 is 0 Å². The van der Waals surface area contributed by atoms with Gasteiger partial charge in [0.25, 0.3) is 0 Å². The van der Waals surface area contributed by atoms with Gasteiger partial charge in [0.1, 0.15) is 0 Å². The highest BCUT2D eigenvalue weighted by atomic mass is 16.0. The quantitative estimate of drug-likeness (QED) is 0.188. The maximum Gasteiger partial charge on any atom is 0.0786 e. The number of hydrogen-bond acceptors (Lipinski definition) is 2. The molecule has 0 saturated carbocycles. The maximum atomic E-state index is 2.33. The van der Waals surface area contributed by atoms with Gasteiger partial charge in [-0.2, -0.15) is 0 Å². The molecule has 0 aliphatic carbocycles. The average molecular weight is 463 g/mol. The van der Waals surface area contributed by atoms with Gasteiger partial charge >= 0.3 is 0 Å². The molecule has 0 unspecified atom stereocenters. The van der Waals surface area contributed by atoms with Crippen LogP contribution in [0.1, 0.15) is 138 Å². The molecule has 0 rings (SSSR count). The lowest BCUT2D eigenvalue weighted by molar-refractivity contribution is -0.929. The van der Waals surface area contributed by atoms with Crippen molar-refractivity contribution in [3.63, 3.8) is 0 Å². The minimum atomic E-state index is 0. The molecule has 0 atom stereocenters. The van der Waals surface area contributed by atoms with Gasteiger partial charge in [-0.05, 0) is 44.9 Å². The summed E-state index contributed by atoms with van der Waals surface area (Å²) in [6, 6.07) is 0. The van der Waals surface area contributed by atoms with Crippen molar-refractivity contribution < 1.29 is 20.3 Å². The minimum Gasteiger partial charge on any atom is -0.870 e. The van der Waals surface area contributed by atoms with Crippen LogP contribution in [-0.4, -0.2) is 61.2 Å². The van der Waals surface area contributed by atoms with E-state index in [-0.39, 0.29) is 11.0 Å². The van der Waals surface area contributed by atoms with Crippen molar-refractivity contribution >= 4 is 0 Å². The first kappa shape index (κ1) is 39.1. The lowest BCUT2D eigenvalue weighted by Crippen LogP contribution is -3.12. The van der Waals surface area contributed by atoms with Gasteiger partial charge in [-0.1, -0.05) is 93.4 Å². The van der Waals surface area contributed by atoms with E-state index in [4.69, 9.17) is 0 Å². The van der Waals surface area contributed by atoms with Crippen LogP contribution in [0.2, 0.25) is 0 Å². The maximum absolute atomic E-state index is 2.33. The second kappa shape index (κ2) is 30.8. The summed E-state index contributed by atoms with van der Waals surface area (Å²) >= 11 is 0. The van der Waals surface area contributed by atoms with Crippen LogP contribution in [0, 0.1) is 0 Å². The van der Waals surface area contributed by atoms with E-state index in [1.807, 2.05) is 4.90 Å². The molecule has 0 bridgehead atoms. The molecule has 4 heteroatoms. The van der Waals surface area contributed by atoms with Crippen LogP contribution in [0.4, 0.5) is 0 Å². The molecule has 0 aliphatic rings. The number of hydrogen-bond donors (Lipinski definition) is 1. The zero-order chi connectivity index (χ0) is 22.9. The van der Waals surface area contributed by atoms with Crippen molar-refractivity contribution in [1.29, 1.82) is 0 Å². The number of nitrogens with one attached hydrogen (secondary N) is 1. The Labute approximate surface area is 204 Å². The average Bonchev–Trinajstić information content (AvgIpc) is 2.78. The van der Waals surface area contributed by atoms with Crippen LogP contribution in [0.25, 0.3) is 0 Å². The molecular formula is C28H66N2O2. The second-order valence-electron chi connectivity index (χ2n) is 9.71. The first-order chi connectivity index (χ1) is 14.6. The van der Waals surface area contributed by atoms with Crippen molar-refractivity contribution in [2.45, 2.75) is 138 Å². The van der Waals surface area contributed by atoms with Gasteiger partial charge in [0.2, 0.25) is 0 Å². The number of quaternary nitrogens is 2. The zero-order valence-corrected chi connectivity index (χ0v) is 23.7. The lowest BCUT2D eigenvalue weighted by atomic mass is 10.1. The van der Waals surface area contributed by atoms with E-state index in [0.717, 1.165) is 0 Å². The molecule has 0 saturated heterocycles. The molecule has 0 amide bonds. The van der Waals surface area contributed by atoms with E-state index in [9.17, 15) is 0 Å². The fourth-order valence-corrected chi connectivity index (χ4v) is 4.30. The Bertz CT molecular complexity index is 257. The van der Waals surface area contributed by atoms with Gasteiger partial charge in [-0.15, -0.1) is 0 Å². The summed E-state index contributed by atoms with van der Waals surface area (Å²) in [6.45, 7) is 26.1. The number of unbranched alkanes of at least 4 members (excludes halogenated alkanes) is 7. The summed E-state index contributed by atoms with van der Waals surface area (Å²) in [4.78, 5) is 1.84. The lowest BCUT2D eigenvalue weighted by Gasteiger charge is -2.39. The highest BCUT2D eigenvalue weighted by Gasteiger charge is 2.24. The van der Waals surface area contributed by atoms with Crippen molar-refractivity contribution in [1.82, 2.24) is 0 Å². The smallest absolute Gasteiger partial charge is 0.0786 e. The standard InChI is InChI=1S/C16H36N.C12H27N.2H2O/c1-5-9-13-17(14-10-6-2,15-11-7-3)16-12-8-4;1-4-7-10-13(11-8-5-2)12-9-6-3;;/h5-16H2,1-4H3;4-12H2,1-3H3;2*1H2/q+1;;;/p-1. The molecule has 200 valence electrons. The largest absolute Gasteiger partial charge is 0.870 e. The van der Waals surface area contributed by atoms with Crippen LogP contribution in [0.3, 0.4) is 0 Å². The van der Waals surface area contributed by atoms with Crippen molar-refractivity contribution in [3.05, 3.63) is 0 Å². The molecule has 3 N–H and O–H groups in total. The first-order valence-corrected chi connectivity index (χ1v) is 14.3. The molecular weight excluding hydrogens is 396 g/mol. The highest BCUT2D eigenvalue weighted by Crippen LogP contribution is 2.16. The summed E-state index contributed by atoms with van der Waals surface area (Å²) in [7, 11) is 0. The van der Waals surface area contributed by atoms with Crippen LogP contribution in [-0.2, 0) is 0 Å². The van der Waals surface area contributed by atoms with E-state index >= 15 is 0 Å². The first-order valence-electron chi connectivity index (χ1n) is 14.3. The summed E-state index contributed by atoms with van der Waals surface area (Å²) in [5, 5.41) is 0. The molecule has 0 aromatic carbocycles. The van der Waals surface area contributed by atoms with Gasteiger partial charge in [-0.25, -0.2) is 0 Å². The molecule has 32 heavy (non-hydrogen) atoms. The Morgan fingerprint density at radius 3 is 0.781 bits per heavy atom. The molecule has 0 radical (unpaired) electrons. The third-order valence-corrected chi connectivity index (χ3v) is 6.60. The molecule has 0 aromatic rings. The SMILES string of the molecule is CCCC[N+](CCCC)(CCCC)CCCC.CCCC[NH+](CCCC)CCCC.[OH-].[OH-]. The number of nitrogens with zero attached hydrogens (tertiary/aromatic N) is 1. The van der Waals surface area contributed by atoms with Gasteiger partial charge < -0.3 is 20.3 Å². The Morgan fingerprint density at radius 1 is 0.375 bits per heavy atom. The fourth-order valence-electron chi connectivity index (χ4n) is 4.30. The predicted octanol–water partition coefficient (Wildman–Crippen LogP) is 6.92. The van der Waals surface area contributed by atoms with Crippen LogP contribution >= 0.6 is 0 Å². The van der Waals surface area contributed by atoms with E-state index in [2.05, 4.69) is 48.5 Å². The summed E-state index contributed by atoms with van der Waals surface area (Å²) in [5.41, 5.74) is 0. The molecule has 4 nitrogen and oxygen atoms in total. The molecule has 0 heterocycles. The van der Waals surface area contributed by atoms with Crippen molar-refractivity contribution in [2.75, 3.05) is 45.8 Å². The Kier molecular flexibility index (Phi) is 37.7. The van der Waals surface area contributed by atoms with Crippen LogP contribution in [0.5, 0.6) is 0 Å². The molecule has 0 fully saturated rings. The van der Waals surface area contributed by atoms with Crippen LogP contribution < -0.4 is 4.90 Å². The molecule has 0 spiro atoms.